The van der Waals surface area contributed by atoms with E-state index in [1.54, 1.807) is 0 Å². The third kappa shape index (κ3) is 3.20. The van der Waals surface area contributed by atoms with E-state index in [2.05, 4.69) is 143 Å². The van der Waals surface area contributed by atoms with E-state index in [0.717, 1.165) is 4.47 Å². The quantitative estimate of drug-likeness (QED) is 0.203. The van der Waals surface area contributed by atoms with Gasteiger partial charge < -0.3 is 0 Å². The molecule has 0 saturated heterocycles. The third-order valence-electron chi connectivity index (χ3n) is 7.13. The molecule has 0 aromatic heterocycles. The molecule has 0 radical (unpaired) electrons. The molecule has 7 aromatic carbocycles. The summed E-state index contributed by atoms with van der Waals surface area (Å²) in [7, 11) is 0. The summed E-state index contributed by atoms with van der Waals surface area (Å²) in [5.41, 5.74) is 5.00. The lowest BCUT2D eigenvalue weighted by Gasteiger charge is -2.16. The number of hydrogen-bond acceptors (Lipinski definition) is 0. The molecule has 7 rings (SSSR count). The first-order valence-corrected chi connectivity index (χ1v) is 12.7. The number of halogens is 1. The second-order valence-electron chi connectivity index (χ2n) is 9.04. The molecule has 0 aliphatic carbocycles. The molecule has 0 heterocycles. The summed E-state index contributed by atoms with van der Waals surface area (Å²) in [6.45, 7) is 0. The van der Waals surface area contributed by atoms with Crippen LogP contribution >= 0.6 is 15.9 Å². The zero-order chi connectivity index (χ0) is 23.4. The molecule has 0 aliphatic heterocycles. The zero-order valence-corrected chi connectivity index (χ0v) is 20.6. The largest absolute Gasteiger partial charge is 0.0616 e. The molecular formula is C34H21Br. The summed E-state index contributed by atoms with van der Waals surface area (Å²) in [6.07, 6.45) is 0. The van der Waals surface area contributed by atoms with Gasteiger partial charge in [0.2, 0.25) is 0 Å². The van der Waals surface area contributed by atoms with Crippen LogP contribution in [0.5, 0.6) is 0 Å². The van der Waals surface area contributed by atoms with Gasteiger partial charge in [-0.2, -0.15) is 0 Å². The molecule has 0 atom stereocenters. The van der Waals surface area contributed by atoms with E-state index >= 15 is 0 Å². The van der Waals surface area contributed by atoms with Gasteiger partial charge in [-0.05, 0) is 66.0 Å². The summed E-state index contributed by atoms with van der Waals surface area (Å²) in [4.78, 5) is 0. The van der Waals surface area contributed by atoms with Gasteiger partial charge in [-0.25, -0.2) is 0 Å². The number of benzene rings is 7. The summed E-state index contributed by atoms with van der Waals surface area (Å²) in [5.74, 6) is 0. The second-order valence-corrected chi connectivity index (χ2v) is 9.89. The first kappa shape index (κ1) is 20.4. The highest BCUT2D eigenvalue weighted by Crippen LogP contribution is 2.43. The van der Waals surface area contributed by atoms with Gasteiger partial charge in [0, 0.05) is 9.86 Å². The molecule has 0 unspecified atom stereocenters. The van der Waals surface area contributed by atoms with Crippen molar-refractivity contribution in [3.8, 4) is 22.3 Å². The minimum absolute atomic E-state index is 1.13. The van der Waals surface area contributed by atoms with E-state index in [0.29, 0.717) is 0 Å². The summed E-state index contributed by atoms with van der Waals surface area (Å²) < 4.78 is 1.13. The predicted octanol–water partition coefficient (Wildman–Crippen LogP) is 10.4. The normalized spacial score (nSPS) is 11.6. The van der Waals surface area contributed by atoms with Crippen LogP contribution in [-0.4, -0.2) is 0 Å². The smallest absolute Gasteiger partial charge is 0.0260 e. The first-order valence-electron chi connectivity index (χ1n) is 11.9. The van der Waals surface area contributed by atoms with Crippen LogP contribution in [0.4, 0.5) is 0 Å². The third-order valence-corrected chi connectivity index (χ3v) is 7.79. The maximum absolute atomic E-state index is 3.88. The van der Waals surface area contributed by atoms with Gasteiger partial charge in [0.1, 0.15) is 0 Å². The maximum atomic E-state index is 3.88. The van der Waals surface area contributed by atoms with E-state index in [9.17, 15) is 0 Å². The van der Waals surface area contributed by atoms with Crippen molar-refractivity contribution in [1.82, 2.24) is 0 Å². The van der Waals surface area contributed by atoms with E-state index in [1.165, 1.54) is 65.3 Å². The van der Waals surface area contributed by atoms with Gasteiger partial charge >= 0.3 is 0 Å². The van der Waals surface area contributed by atoms with E-state index in [1.807, 2.05) is 0 Å². The monoisotopic (exact) mass is 508 g/mol. The second kappa shape index (κ2) is 8.08. The van der Waals surface area contributed by atoms with Crippen molar-refractivity contribution in [3.63, 3.8) is 0 Å². The highest BCUT2D eigenvalue weighted by molar-refractivity contribution is 9.10. The fourth-order valence-corrected chi connectivity index (χ4v) is 6.08. The summed E-state index contributed by atoms with van der Waals surface area (Å²) in [6, 6.07) is 46.1. The molecule has 0 nitrogen and oxygen atoms in total. The van der Waals surface area contributed by atoms with Crippen LogP contribution < -0.4 is 0 Å². The van der Waals surface area contributed by atoms with E-state index in [-0.39, 0.29) is 0 Å². The molecule has 0 saturated carbocycles. The zero-order valence-electron chi connectivity index (χ0n) is 19.0. The lowest BCUT2D eigenvalue weighted by molar-refractivity contribution is 1.62. The topological polar surface area (TPSA) is 0 Å². The molecule has 1 heteroatoms. The van der Waals surface area contributed by atoms with Crippen molar-refractivity contribution < 1.29 is 0 Å². The van der Waals surface area contributed by atoms with Crippen molar-refractivity contribution >= 4 is 59.0 Å². The van der Waals surface area contributed by atoms with Gasteiger partial charge in [0.05, 0.1) is 0 Å². The molecule has 35 heavy (non-hydrogen) atoms. The van der Waals surface area contributed by atoms with Crippen molar-refractivity contribution in [3.05, 3.63) is 132 Å². The number of fused-ring (bicyclic) bond motifs is 7. The minimum Gasteiger partial charge on any atom is -0.0616 e. The molecule has 0 spiro atoms. The van der Waals surface area contributed by atoms with Gasteiger partial charge in [-0.1, -0.05) is 137 Å². The standard InChI is InChI=1S/C34H21Br/c35-32-21-20-27(33-30-13-5-3-11-28(30)29-12-4-6-14-31(29)34(32)33)24-18-16-23(17-19-24)26-15-7-9-22-8-1-2-10-25(22)26/h1-21H. The number of rotatable bonds is 2. The van der Waals surface area contributed by atoms with Gasteiger partial charge in [-0.3, -0.25) is 0 Å². The summed E-state index contributed by atoms with van der Waals surface area (Å²) in [5, 5.41) is 10.3. The molecular weight excluding hydrogens is 488 g/mol. The van der Waals surface area contributed by atoms with Crippen molar-refractivity contribution in [2.24, 2.45) is 0 Å². The SMILES string of the molecule is Brc1ccc(-c2ccc(-c3cccc4ccccc34)cc2)c2c3ccccc3c3ccccc3c12. The summed E-state index contributed by atoms with van der Waals surface area (Å²) >= 11 is 3.88. The van der Waals surface area contributed by atoms with Crippen LogP contribution in [-0.2, 0) is 0 Å². The fourth-order valence-electron chi connectivity index (χ4n) is 5.54. The minimum atomic E-state index is 1.13. The number of hydrogen-bond donors (Lipinski definition) is 0. The Hall–Kier alpha value is -3.94. The molecule has 0 fully saturated rings. The molecule has 0 aliphatic rings. The Kier molecular flexibility index (Phi) is 4.72. The lowest BCUT2D eigenvalue weighted by Crippen LogP contribution is -1.89. The molecule has 164 valence electrons. The van der Waals surface area contributed by atoms with Gasteiger partial charge in [0.25, 0.3) is 0 Å². The Bertz CT molecular complexity index is 1890. The Labute approximate surface area is 212 Å². The van der Waals surface area contributed by atoms with Crippen molar-refractivity contribution in [2.75, 3.05) is 0 Å². The van der Waals surface area contributed by atoms with Crippen LogP contribution in [0, 0.1) is 0 Å². The van der Waals surface area contributed by atoms with E-state index < -0.39 is 0 Å². The molecule has 7 aromatic rings. The Morgan fingerprint density at radius 3 is 1.54 bits per heavy atom. The van der Waals surface area contributed by atoms with Gasteiger partial charge in [-0.15, -0.1) is 0 Å². The molecule has 0 N–H and O–H groups in total. The average Bonchev–Trinajstić information content (AvgIpc) is 2.93. The first-order chi connectivity index (χ1) is 17.3. The Balaban J connectivity index is 1.49. The van der Waals surface area contributed by atoms with E-state index in [4.69, 9.17) is 0 Å². The molecule has 0 bridgehead atoms. The van der Waals surface area contributed by atoms with Crippen LogP contribution in [0.1, 0.15) is 0 Å². The van der Waals surface area contributed by atoms with Crippen LogP contribution in [0.15, 0.2) is 132 Å². The predicted molar refractivity (Wildman–Crippen MR) is 155 cm³/mol. The highest BCUT2D eigenvalue weighted by Gasteiger charge is 2.15. The molecule has 0 amide bonds. The van der Waals surface area contributed by atoms with Crippen LogP contribution in [0.25, 0.3) is 65.3 Å². The lowest BCUT2D eigenvalue weighted by atomic mass is 9.89. The maximum Gasteiger partial charge on any atom is 0.0260 e. The van der Waals surface area contributed by atoms with Crippen LogP contribution in [0.2, 0.25) is 0 Å². The van der Waals surface area contributed by atoms with Crippen molar-refractivity contribution in [2.45, 2.75) is 0 Å². The van der Waals surface area contributed by atoms with Crippen molar-refractivity contribution in [1.29, 1.82) is 0 Å². The Morgan fingerprint density at radius 2 is 0.857 bits per heavy atom. The fraction of sp³-hybridized carbons (Fsp3) is 0. The van der Waals surface area contributed by atoms with Crippen LogP contribution in [0.3, 0.4) is 0 Å². The Morgan fingerprint density at radius 1 is 0.343 bits per heavy atom. The highest BCUT2D eigenvalue weighted by atomic mass is 79.9. The van der Waals surface area contributed by atoms with Gasteiger partial charge in [0.15, 0.2) is 0 Å². The average molecular weight is 509 g/mol.